The van der Waals surface area contributed by atoms with Gasteiger partial charge in [0.25, 0.3) is 0 Å². The second kappa shape index (κ2) is 8.68. The zero-order valence-corrected chi connectivity index (χ0v) is 15.8. The van der Waals surface area contributed by atoms with Gasteiger partial charge >= 0.3 is 0 Å². The number of aryl methyl sites for hydroxylation is 1. The van der Waals surface area contributed by atoms with Crippen molar-refractivity contribution in [3.8, 4) is 0 Å². The Morgan fingerprint density at radius 2 is 1.72 bits per heavy atom. The van der Waals surface area contributed by atoms with E-state index < -0.39 is 0 Å². The van der Waals surface area contributed by atoms with Crippen LogP contribution in [-0.2, 0) is 6.42 Å². The molecule has 2 heterocycles. The van der Waals surface area contributed by atoms with Crippen LogP contribution in [0.15, 0.2) is 30.3 Å². The van der Waals surface area contributed by atoms with Crippen LogP contribution in [0.25, 0.3) is 0 Å². The molecule has 2 heteroatoms. The predicted octanol–water partition coefficient (Wildman–Crippen LogP) is 4.64. The van der Waals surface area contributed by atoms with E-state index >= 15 is 0 Å². The highest BCUT2D eigenvalue weighted by molar-refractivity contribution is 5.14. The van der Waals surface area contributed by atoms with Gasteiger partial charge in [-0.05, 0) is 88.4 Å². The second-order valence-electron chi connectivity index (χ2n) is 8.74. The van der Waals surface area contributed by atoms with Gasteiger partial charge in [0.1, 0.15) is 0 Å². The fourth-order valence-electron chi connectivity index (χ4n) is 5.72. The highest BCUT2D eigenvalue weighted by Gasteiger charge is 2.37. The Kier molecular flexibility index (Phi) is 6.10. The van der Waals surface area contributed by atoms with Crippen LogP contribution in [0.2, 0.25) is 0 Å². The molecule has 0 radical (unpaired) electrons. The number of fused-ring (bicyclic) bond motifs is 1. The number of hydrogen-bond donors (Lipinski definition) is 1. The Bertz CT molecular complexity index is 508. The van der Waals surface area contributed by atoms with E-state index in [-0.39, 0.29) is 0 Å². The van der Waals surface area contributed by atoms with Gasteiger partial charge in [-0.15, -0.1) is 0 Å². The SMILES string of the molecule is c1ccc(CCC2CCN[C@@H]3[C@@H](CCC[C@H]3N3CCCC3)CC2)cc1. The van der Waals surface area contributed by atoms with Crippen LogP contribution in [-0.4, -0.2) is 36.6 Å². The van der Waals surface area contributed by atoms with Crippen molar-refractivity contribution in [1.29, 1.82) is 0 Å². The minimum atomic E-state index is 0.780. The molecule has 138 valence electrons. The van der Waals surface area contributed by atoms with Gasteiger partial charge in [-0.2, -0.15) is 0 Å². The zero-order valence-electron chi connectivity index (χ0n) is 15.8. The van der Waals surface area contributed by atoms with Crippen molar-refractivity contribution >= 4 is 0 Å². The average molecular weight is 341 g/mol. The van der Waals surface area contributed by atoms with E-state index in [9.17, 15) is 0 Å². The van der Waals surface area contributed by atoms with E-state index in [1.54, 1.807) is 0 Å². The number of likely N-dealkylation sites (tertiary alicyclic amines) is 1. The summed E-state index contributed by atoms with van der Waals surface area (Å²) in [6.45, 7) is 3.95. The Balaban J connectivity index is 1.31. The highest BCUT2D eigenvalue weighted by Crippen LogP contribution is 2.35. The maximum atomic E-state index is 4.04. The minimum Gasteiger partial charge on any atom is -0.312 e. The Labute approximate surface area is 154 Å². The van der Waals surface area contributed by atoms with Crippen molar-refractivity contribution in [2.24, 2.45) is 11.8 Å². The molecule has 0 bridgehead atoms. The van der Waals surface area contributed by atoms with Crippen molar-refractivity contribution in [2.75, 3.05) is 19.6 Å². The number of nitrogens with zero attached hydrogens (tertiary/aromatic N) is 1. The Morgan fingerprint density at radius 1 is 0.880 bits per heavy atom. The number of nitrogens with one attached hydrogen (secondary N) is 1. The van der Waals surface area contributed by atoms with Gasteiger partial charge in [-0.3, -0.25) is 4.90 Å². The second-order valence-corrected chi connectivity index (χ2v) is 8.74. The van der Waals surface area contributed by atoms with E-state index in [2.05, 4.69) is 40.5 Å². The van der Waals surface area contributed by atoms with Gasteiger partial charge in [-0.25, -0.2) is 0 Å². The molecule has 0 aromatic heterocycles. The van der Waals surface area contributed by atoms with Crippen LogP contribution in [0.3, 0.4) is 0 Å². The summed E-state index contributed by atoms with van der Waals surface area (Å²) < 4.78 is 0. The molecule has 1 aromatic rings. The standard InChI is InChI=1S/C23H36N2/c1-2-7-19(8-3-1)11-12-20-13-14-21-9-6-10-22(23(21)24-16-15-20)25-17-4-5-18-25/h1-3,7-8,20-24H,4-6,9-18H2/t20?,21-,22+,23+/m0/s1. The lowest BCUT2D eigenvalue weighted by Crippen LogP contribution is -2.55. The molecular formula is C23H36N2. The van der Waals surface area contributed by atoms with E-state index in [1.807, 2.05) is 0 Å². The van der Waals surface area contributed by atoms with Crippen LogP contribution < -0.4 is 5.32 Å². The third-order valence-corrected chi connectivity index (χ3v) is 7.17. The largest absolute Gasteiger partial charge is 0.312 e. The fourth-order valence-corrected chi connectivity index (χ4v) is 5.72. The third-order valence-electron chi connectivity index (χ3n) is 7.17. The van der Waals surface area contributed by atoms with Gasteiger partial charge < -0.3 is 5.32 Å². The van der Waals surface area contributed by atoms with E-state index in [4.69, 9.17) is 0 Å². The zero-order chi connectivity index (χ0) is 16.9. The summed E-state index contributed by atoms with van der Waals surface area (Å²) in [6.07, 6.45) is 14.1. The summed E-state index contributed by atoms with van der Waals surface area (Å²) in [6, 6.07) is 12.7. The lowest BCUT2D eigenvalue weighted by molar-refractivity contribution is 0.0914. The summed E-state index contributed by atoms with van der Waals surface area (Å²) >= 11 is 0. The molecule has 0 amide bonds. The van der Waals surface area contributed by atoms with Crippen molar-refractivity contribution in [1.82, 2.24) is 10.2 Å². The molecule has 25 heavy (non-hydrogen) atoms. The minimum absolute atomic E-state index is 0.780. The van der Waals surface area contributed by atoms with Gasteiger partial charge in [0.2, 0.25) is 0 Å². The van der Waals surface area contributed by atoms with Crippen LogP contribution in [0, 0.1) is 11.8 Å². The van der Waals surface area contributed by atoms with Gasteiger partial charge in [-0.1, -0.05) is 43.2 Å². The highest BCUT2D eigenvalue weighted by atomic mass is 15.2. The molecule has 4 atom stereocenters. The summed E-state index contributed by atoms with van der Waals surface area (Å²) in [4.78, 5) is 2.82. The number of benzene rings is 1. The number of hydrogen-bond acceptors (Lipinski definition) is 2. The lowest BCUT2D eigenvalue weighted by Gasteiger charge is -2.45. The fraction of sp³-hybridized carbons (Fsp3) is 0.739. The summed E-state index contributed by atoms with van der Waals surface area (Å²) in [7, 11) is 0. The Hall–Kier alpha value is -0.860. The molecule has 4 rings (SSSR count). The molecule has 3 aliphatic rings. The van der Waals surface area contributed by atoms with Crippen LogP contribution in [0.1, 0.15) is 63.4 Å². The molecule has 1 aliphatic carbocycles. The third kappa shape index (κ3) is 4.46. The maximum absolute atomic E-state index is 4.04. The van der Waals surface area contributed by atoms with Crippen molar-refractivity contribution < 1.29 is 0 Å². The normalized spacial score (nSPS) is 34.2. The lowest BCUT2D eigenvalue weighted by atomic mass is 9.75. The number of rotatable bonds is 4. The first-order chi connectivity index (χ1) is 12.4. The van der Waals surface area contributed by atoms with Crippen molar-refractivity contribution in [3.63, 3.8) is 0 Å². The van der Waals surface area contributed by atoms with Gasteiger partial charge in [0.05, 0.1) is 0 Å². The molecule has 2 nitrogen and oxygen atoms in total. The first-order valence-electron chi connectivity index (χ1n) is 10.9. The Morgan fingerprint density at radius 3 is 2.56 bits per heavy atom. The van der Waals surface area contributed by atoms with Crippen molar-refractivity contribution in [2.45, 2.75) is 76.3 Å². The van der Waals surface area contributed by atoms with Gasteiger partial charge in [0.15, 0.2) is 0 Å². The molecule has 2 saturated heterocycles. The predicted molar refractivity (Wildman–Crippen MR) is 106 cm³/mol. The van der Waals surface area contributed by atoms with Crippen LogP contribution in [0.4, 0.5) is 0 Å². The van der Waals surface area contributed by atoms with Crippen LogP contribution >= 0.6 is 0 Å². The molecule has 1 unspecified atom stereocenters. The first kappa shape index (κ1) is 17.5. The molecule has 0 spiro atoms. The molecule has 1 saturated carbocycles. The first-order valence-corrected chi connectivity index (χ1v) is 10.9. The van der Waals surface area contributed by atoms with Gasteiger partial charge in [0, 0.05) is 12.1 Å². The van der Waals surface area contributed by atoms with Crippen LogP contribution in [0.5, 0.6) is 0 Å². The smallest absolute Gasteiger partial charge is 0.0252 e. The summed E-state index contributed by atoms with van der Waals surface area (Å²) in [5.41, 5.74) is 1.52. The monoisotopic (exact) mass is 340 g/mol. The molecule has 1 aromatic carbocycles. The topological polar surface area (TPSA) is 15.3 Å². The van der Waals surface area contributed by atoms with E-state index in [0.29, 0.717) is 0 Å². The maximum Gasteiger partial charge on any atom is 0.0252 e. The van der Waals surface area contributed by atoms with Crippen molar-refractivity contribution in [3.05, 3.63) is 35.9 Å². The quantitative estimate of drug-likeness (QED) is 0.859. The summed E-state index contributed by atoms with van der Waals surface area (Å²) in [5.74, 6) is 1.85. The molecule has 1 N–H and O–H groups in total. The molecule has 3 fully saturated rings. The molecular weight excluding hydrogens is 304 g/mol. The summed E-state index contributed by atoms with van der Waals surface area (Å²) in [5, 5.41) is 4.04. The molecule has 2 aliphatic heterocycles. The van der Waals surface area contributed by atoms with E-state index in [0.717, 1.165) is 23.9 Å². The van der Waals surface area contributed by atoms with E-state index in [1.165, 1.54) is 89.4 Å². The average Bonchev–Trinajstić information content (AvgIpc) is 3.17.